The highest BCUT2D eigenvalue weighted by Gasteiger charge is 2.08. The van der Waals surface area contributed by atoms with Crippen LogP contribution in [0.1, 0.15) is 24.0 Å². The van der Waals surface area contributed by atoms with Crippen LogP contribution >= 0.6 is 0 Å². The third-order valence-corrected chi connectivity index (χ3v) is 2.91. The van der Waals surface area contributed by atoms with Gasteiger partial charge in [0.2, 0.25) is 0 Å². The van der Waals surface area contributed by atoms with Gasteiger partial charge in [-0.15, -0.1) is 5.54 Å². The van der Waals surface area contributed by atoms with E-state index in [2.05, 4.69) is 42.2 Å². The predicted molar refractivity (Wildman–Crippen MR) is 68.5 cm³/mol. The quantitative estimate of drug-likeness (QED) is 0.547. The summed E-state index contributed by atoms with van der Waals surface area (Å²) in [6.45, 7) is 8.48. The maximum absolute atomic E-state index is 8.83. The van der Waals surface area contributed by atoms with Crippen molar-refractivity contribution in [2.45, 2.75) is 32.5 Å². The molecular weight excluding hydrogens is 212 g/mol. The Hall–Kier alpha value is -1.58. The molecule has 0 bridgehead atoms. The average Bonchev–Trinajstić information content (AvgIpc) is 2.25. The smallest absolute Gasteiger partial charge is 0.129 e. The molecule has 1 aromatic heterocycles. The zero-order valence-corrected chi connectivity index (χ0v) is 11.2. The molecule has 0 saturated heterocycles. The van der Waals surface area contributed by atoms with Crippen LogP contribution in [0.15, 0.2) is 18.5 Å². The summed E-state index contributed by atoms with van der Waals surface area (Å²) in [5, 5.41) is 8.83. The molecular formula is C13H16N2Si. The Morgan fingerprint density at radius 3 is 2.56 bits per heavy atom. The van der Waals surface area contributed by atoms with E-state index in [-0.39, 0.29) is 5.92 Å². The van der Waals surface area contributed by atoms with Crippen LogP contribution in [0.4, 0.5) is 0 Å². The number of hydrogen-bond acceptors (Lipinski definition) is 2. The SMILES string of the molecule is CC(C#N)c1cncc(C#C[Si](C)(C)C)c1. The van der Waals surface area contributed by atoms with Gasteiger partial charge < -0.3 is 0 Å². The fourth-order valence-corrected chi connectivity index (χ4v) is 1.62. The molecule has 0 amide bonds. The average molecular weight is 228 g/mol. The van der Waals surface area contributed by atoms with Gasteiger partial charge in [-0.25, -0.2) is 0 Å². The van der Waals surface area contributed by atoms with Crippen LogP contribution in [0.5, 0.6) is 0 Å². The standard InChI is InChI=1S/C13H16N2Si/c1-11(8-14)13-7-12(9-15-10-13)5-6-16(2,3)4/h7,9-11H,1-4H3. The Morgan fingerprint density at radius 1 is 1.31 bits per heavy atom. The first kappa shape index (κ1) is 12.5. The van der Waals surface area contributed by atoms with E-state index in [4.69, 9.17) is 5.26 Å². The molecule has 0 radical (unpaired) electrons. The summed E-state index contributed by atoms with van der Waals surface area (Å²) in [6, 6.07) is 4.15. The molecule has 1 unspecified atom stereocenters. The van der Waals surface area contributed by atoms with Crippen molar-refractivity contribution >= 4 is 8.07 Å². The maximum Gasteiger partial charge on any atom is 0.129 e. The van der Waals surface area contributed by atoms with Gasteiger partial charge >= 0.3 is 0 Å². The van der Waals surface area contributed by atoms with Crippen molar-refractivity contribution in [3.8, 4) is 17.5 Å². The van der Waals surface area contributed by atoms with Crippen molar-refractivity contribution in [1.29, 1.82) is 5.26 Å². The molecule has 0 saturated carbocycles. The fraction of sp³-hybridized carbons (Fsp3) is 0.385. The van der Waals surface area contributed by atoms with Crippen LogP contribution in [-0.4, -0.2) is 13.1 Å². The normalized spacial score (nSPS) is 12.2. The summed E-state index contributed by atoms with van der Waals surface area (Å²) in [4.78, 5) is 4.12. The minimum Gasteiger partial charge on any atom is -0.263 e. The molecule has 0 N–H and O–H groups in total. The monoisotopic (exact) mass is 228 g/mol. The van der Waals surface area contributed by atoms with Gasteiger partial charge in [0.1, 0.15) is 8.07 Å². The van der Waals surface area contributed by atoms with Gasteiger partial charge in [-0.3, -0.25) is 4.98 Å². The Bertz CT molecular complexity index is 469. The summed E-state index contributed by atoms with van der Waals surface area (Å²) < 4.78 is 0. The van der Waals surface area contributed by atoms with E-state index in [0.717, 1.165) is 11.1 Å². The minimum atomic E-state index is -1.35. The van der Waals surface area contributed by atoms with Gasteiger partial charge in [0, 0.05) is 18.0 Å². The van der Waals surface area contributed by atoms with Crippen molar-refractivity contribution in [2.75, 3.05) is 0 Å². The van der Waals surface area contributed by atoms with Crippen LogP contribution in [0.2, 0.25) is 19.6 Å². The Labute approximate surface area is 98.3 Å². The number of nitriles is 1. The molecule has 2 nitrogen and oxygen atoms in total. The highest BCUT2D eigenvalue weighted by atomic mass is 28.3. The Balaban J connectivity index is 3.00. The number of aromatic nitrogens is 1. The number of rotatable bonds is 1. The van der Waals surface area contributed by atoms with Crippen molar-refractivity contribution in [1.82, 2.24) is 4.98 Å². The van der Waals surface area contributed by atoms with Gasteiger partial charge in [-0.2, -0.15) is 5.26 Å². The van der Waals surface area contributed by atoms with Gasteiger partial charge in [0.25, 0.3) is 0 Å². The number of hydrogen-bond donors (Lipinski definition) is 0. The molecule has 3 heteroatoms. The van der Waals surface area contributed by atoms with E-state index in [0.29, 0.717) is 0 Å². The van der Waals surface area contributed by atoms with E-state index in [1.807, 2.05) is 13.0 Å². The van der Waals surface area contributed by atoms with Crippen LogP contribution in [0.25, 0.3) is 0 Å². The summed E-state index contributed by atoms with van der Waals surface area (Å²) in [7, 11) is -1.35. The lowest BCUT2D eigenvalue weighted by atomic mass is 10.0. The van der Waals surface area contributed by atoms with Crippen LogP contribution < -0.4 is 0 Å². The van der Waals surface area contributed by atoms with Crippen LogP contribution in [0.3, 0.4) is 0 Å². The Morgan fingerprint density at radius 2 is 2.00 bits per heavy atom. The molecule has 1 atom stereocenters. The van der Waals surface area contributed by atoms with Gasteiger partial charge in [-0.05, 0) is 18.6 Å². The lowest BCUT2D eigenvalue weighted by Crippen LogP contribution is -2.16. The first-order valence-electron chi connectivity index (χ1n) is 5.30. The molecule has 0 fully saturated rings. The summed E-state index contributed by atoms with van der Waals surface area (Å²) >= 11 is 0. The second-order valence-electron chi connectivity index (χ2n) is 4.86. The van der Waals surface area contributed by atoms with E-state index in [1.165, 1.54) is 0 Å². The first-order valence-corrected chi connectivity index (χ1v) is 8.80. The van der Waals surface area contributed by atoms with Crippen LogP contribution in [-0.2, 0) is 0 Å². The van der Waals surface area contributed by atoms with Crippen molar-refractivity contribution < 1.29 is 0 Å². The summed E-state index contributed by atoms with van der Waals surface area (Å²) in [6.07, 6.45) is 3.48. The van der Waals surface area contributed by atoms with Crippen molar-refractivity contribution in [2.24, 2.45) is 0 Å². The van der Waals surface area contributed by atoms with Crippen molar-refractivity contribution in [3.05, 3.63) is 29.6 Å². The summed E-state index contributed by atoms with van der Waals surface area (Å²) in [5.41, 5.74) is 5.13. The third-order valence-electron chi connectivity index (χ3n) is 2.03. The molecule has 0 aliphatic carbocycles. The van der Waals surface area contributed by atoms with E-state index in [1.54, 1.807) is 12.4 Å². The lowest BCUT2D eigenvalue weighted by molar-refractivity contribution is 0.965. The molecule has 0 aromatic carbocycles. The molecule has 1 heterocycles. The number of pyridine rings is 1. The molecule has 0 spiro atoms. The highest BCUT2D eigenvalue weighted by molar-refractivity contribution is 6.83. The largest absolute Gasteiger partial charge is 0.263 e. The first-order chi connectivity index (χ1) is 7.42. The van der Waals surface area contributed by atoms with Crippen LogP contribution in [0, 0.1) is 22.8 Å². The topological polar surface area (TPSA) is 36.7 Å². The molecule has 16 heavy (non-hydrogen) atoms. The molecule has 1 rings (SSSR count). The summed E-state index contributed by atoms with van der Waals surface area (Å²) in [5.74, 6) is 3.02. The lowest BCUT2D eigenvalue weighted by Gasteiger charge is -2.04. The van der Waals surface area contributed by atoms with Gasteiger partial charge in [-0.1, -0.05) is 25.6 Å². The molecule has 82 valence electrons. The third kappa shape index (κ3) is 3.88. The minimum absolute atomic E-state index is 0.124. The molecule has 0 aliphatic heterocycles. The fourth-order valence-electron chi connectivity index (χ4n) is 1.10. The van der Waals surface area contributed by atoms with E-state index in [9.17, 15) is 0 Å². The molecule has 1 aromatic rings. The van der Waals surface area contributed by atoms with E-state index >= 15 is 0 Å². The van der Waals surface area contributed by atoms with E-state index < -0.39 is 8.07 Å². The molecule has 0 aliphatic rings. The predicted octanol–water partition coefficient (Wildman–Crippen LogP) is 2.94. The zero-order valence-electron chi connectivity index (χ0n) is 10.2. The zero-order chi connectivity index (χ0) is 12.2. The van der Waals surface area contributed by atoms with Gasteiger partial charge in [0.15, 0.2) is 0 Å². The van der Waals surface area contributed by atoms with Crippen molar-refractivity contribution in [3.63, 3.8) is 0 Å². The van der Waals surface area contributed by atoms with Gasteiger partial charge in [0.05, 0.1) is 12.0 Å². The second-order valence-corrected chi connectivity index (χ2v) is 9.61. The second kappa shape index (κ2) is 4.96. The maximum atomic E-state index is 8.83. The number of nitrogens with zero attached hydrogens (tertiary/aromatic N) is 2. The highest BCUT2D eigenvalue weighted by Crippen LogP contribution is 2.13. The Kier molecular flexibility index (Phi) is 3.87.